The molecule has 1 fully saturated rings. The highest BCUT2D eigenvalue weighted by Crippen LogP contribution is 2.25. The molecule has 8 nitrogen and oxygen atoms in total. The van der Waals surface area contributed by atoms with Crippen LogP contribution in [0.15, 0.2) is 0 Å². The molecule has 1 heterocycles. The molecule has 1 rings (SSSR count). The van der Waals surface area contributed by atoms with Crippen molar-refractivity contribution < 1.29 is 24.0 Å². The van der Waals surface area contributed by atoms with Crippen molar-refractivity contribution in [3.63, 3.8) is 0 Å². The van der Waals surface area contributed by atoms with Gasteiger partial charge >= 0.3 is 0 Å². The molecule has 0 saturated carbocycles. The summed E-state index contributed by atoms with van der Waals surface area (Å²) in [5.41, 5.74) is 5.08. The fourth-order valence-electron chi connectivity index (χ4n) is 3.24. The van der Waals surface area contributed by atoms with E-state index in [9.17, 15) is 24.0 Å². The first-order valence-electron chi connectivity index (χ1n) is 10.3. The Morgan fingerprint density at radius 3 is 2.55 bits per heavy atom. The van der Waals surface area contributed by atoms with Crippen molar-refractivity contribution in [2.75, 3.05) is 18.8 Å². The first-order chi connectivity index (χ1) is 13.8. The van der Waals surface area contributed by atoms with Gasteiger partial charge in [0.15, 0.2) is 0 Å². The number of nitrogens with zero attached hydrogens (tertiary/aromatic N) is 1. The van der Waals surface area contributed by atoms with Crippen LogP contribution in [-0.2, 0) is 24.0 Å². The maximum Gasteiger partial charge on any atom is 0.242 e. The Bertz CT molecular complexity index is 611. The van der Waals surface area contributed by atoms with E-state index in [4.69, 9.17) is 5.73 Å². The van der Waals surface area contributed by atoms with Gasteiger partial charge in [-0.2, -0.15) is 0 Å². The van der Waals surface area contributed by atoms with E-state index >= 15 is 0 Å². The number of rotatable bonds is 15. The number of carbonyl (C=O) groups excluding carboxylic acids is 5. The Labute approximate surface area is 176 Å². The molecule has 2 atom stereocenters. The third kappa shape index (κ3) is 9.43. The Morgan fingerprint density at radius 1 is 1.21 bits per heavy atom. The predicted octanol–water partition coefficient (Wildman–Crippen LogP) is 1.40. The van der Waals surface area contributed by atoms with Gasteiger partial charge in [0.2, 0.25) is 23.6 Å². The Hall–Kier alpha value is -1.90. The minimum absolute atomic E-state index is 0.0703. The van der Waals surface area contributed by atoms with Crippen LogP contribution in [0.3, 0.4) is 0 Å². The highest BCUT2D eigenvalue weighted by molar-refractivity contribution is 8.00. The van der Waals surface area contributed by atoms with E-state index in [1.807, 2.05) is 6.92 Å². The largest absolute Gasteiger partial charge is 0.370 e. The molecule has 0 radical (unpaired) electrons. The summed E-state index contributed by atoms with van der Waals surface area (Å²) in [7, 11) is 0. The van der Waals surface area contributed by atoms with E-state index in [-0.39, 0.29) is 41.8 Å². The quantitative estimate of drug-likeness (QED) is 0.300. The number of nitrogens with two attached hydrogens (primary N) is 1. The smallest absolute Gasteiger partial charge is 0.242 e. The lowest BCUT2D eigenvalue weighted by Gasteiger charge is -2.14. The normalized spacial score (nSPS) is 17.4. The number of nitrogens with one attached hydrogen (secondary N) is 1. The van der Waals surface area contributed by atoms with Gasteiger partial charge in [-0.3, -0.25) is 28.9 Å². The van der Waals surface area contributed by atoms with Gasteiger partial charge in [0.1, 0.15) is 5.78 Å². The fourth-order valence-corrected chi connectivity index (χ4v) is 4.28. The first kappa shape index (κ1) is 25.1. The van der Waals surface area contributed by atoms with Crippen LogP contribution >= 0.6 is 11.8 Å². The summed E-state index contributed by atoms with van der Waals surface area (Å²) in [6.45, 7) is 4.28. The van der Waals surface area contributed by atoms with Crippen molar-refractivity contribution in [3.05, 3.63) is 0 Å². The van der Waals surface area contributed by atoms with E-state index in [0.717, 1.165) is 12.8 Å². The number of carbonyl (C=O) groups is 5. The van der Waals surface area contributed by atoms with Crippen LogP contribution in [0.5, 0.6) is 0 Å². The SMILES string of the molecule is CCC(CCC(=O)NCCSC1CC(=O)N(CCCCCC(N)=O)C1=O)C(C)=O. The van der Waals surface area contributed by atoms with Gasteiger partial charge in [-0.15, -0.1) is 11.8 Å². The van der Waals surface area contributed by atoms with Gasteiger partial charge in [0.25, 0.3) is 0 Å². The average molecular weight is 428 g/mol. The van der Waals surface area contributed by atoms with Crippen LogP contribution in [0, 0.1) is 5.92 Å². The molecule has 0 aromatic rings. The summed E-state index contributed by atoms with van der Waals surface area (Å²) in [6, 6.07) is 0. The monoisotopic (exact) mass is 427 g/mol. The van der Waals surface area contributed by atoms with Crippen LogP contribution in [0.4, 0.5) is 0 Å². The van der Waals surface area contributed by atoms with Crippen molar-refractivity contribution in [2.45, 2.75) is 70.5 Å². The zero-order chi connectivity index (χ0) is 21.8. The van der Waals surface area contributed by atoms with Crippen LogP contribution in [0.1, 0.15) is 65.2 Å². The number of hydrogen-bond donors (Lipinski definition) is 2. The second-order valence-corrected chi connectivity index (χ2v) is 8.64. The molecule has 1 aliphatic heterocycles. The second-order valence-electron chi connectivity index (χ2n) is 7.33. The molecule has 1 saturated heterocycles. The highest BCUT2D eigenvalue weighted by Gasteiger charge is 2.38. The highest BCUT2D eigenvalue weighted by atomic mass is 32.2. The first-order valence-corrected chi connectivity index (χ1v) is 11.3. The van der Waals surface area contributed by atoms with Crippen LogP contribution in [-0.4, -0.2) is 58.4 Å². The lowest BCUT2D eigenvalue weighted by Crippen LogP contribution is -2.32. The number of ketones is 1. The molecule has 0 spiro atoms. The van der Waals surface area contributed by atoms with Gasteiger partial charge in [0, 0.05) is 44.0 Å². The molecule has 164 valence electrons. The van der Waals surface area contributed by atoms with Crippen LogP contribution in [0.2, 0.25) is 0 Å². The van der Waals surface area contributed by atoms with E-state index in [2.05, 4.69) is 5.32 Å². The van der Waals surface area contributed by atoms with Gasteiger partial charge in [-0.1, -0.05) is 13.3 Å². The van der Waals surface area contributed by atoms with Crippen LogP contribution in [0.25, 0.3) is 0 Å². The van der Waals surface area contributed by atoms with Gasteiger partial charge in [-0.25, -0.2) is 0 Å². The maximum atomic E-state index is 12.4. The van der Waals surface area contributed by atoms with Crippen molar-refractivity contribution in [3.8, 4) is 0 Å². The minimum atomic E-state index is -0.396. The van der Waals surface area contributed by atoms with Crippen molar-refractivity contribution in [2.24, 2.45) is 11.7 Å². The Kier molecular flexibility index (Phi) is 11.6. The van der Waals surface area contributed by atoms with E-state index in [0.29, 0.717) is 50.9 Å². The summed E-state index contributed by atoms with van der Waals surface area (Å²) in [4.78, 5) is 59.7. The molecular formula is C20H33N3O5S. The Balaban J connectivity index is 2.22. The molecule has 29 heavy (non-hydrogen) atoms. The zero-order valence-electron chi connectivity index (χ0n) is 17.4. The zero-order valence-corrected chi connectivity index (χ0v) is 18.2. The molecule has 4 amide bonds. The van der Waals surface area contributed by atoms with Gasteiger partial charge < -0.3 is 11.1 Å². The summed E-state index contributed by atoms with van der Waals surface area (Å²) in [5, 5.41) is 2.40. The Morgan fingerprint density at radius 2 is 1.93 bits per heavy atom. The number of unbranched alkanes of at least 4 members (excludes halogenated alkanes) is 2. The number of Topliss-reactive ketones (excluding diaryl/α,β-unsaturated/α-hetero) is 1. The molecule has 0 aromatic carbocycles. The number of hydrogen-bond acceptors (Lipinski definition) is 6. The number of amides is 4. The molecule has 0 aromatic heterocycles. The fraction of sp³-hybridized carbons (Fsp3) is 0.750. The molecule has 1 aliphatic rings. The van der Waals surface area contributed by atoms with Crippen molar-refractivity contribution in [1.82, 2.24) is 10.2 Å². The molecule has 9 heteroatoms. The standard InChI is InChI=1S/C20H33N3O5S/c1-3-15(14(2)24)8-9-18(26)22-10-12-29-16-13-19(27)23(20(16)28)11-6-4-5-7-17(21)25/h15-16H,3-13H2,1-2H3,(H2,21,25)(H,22,26). The van der Waals surface area contributed by atoms with Gasteiger partial charge in [-0.05, 0) is 32.6 Å². The molecular weight excluding hydrogens is 394 g/mol. The summed E-state index contributed by atoms with van der Waals surface area (Å²) in [6.07, 6.45) is 4.17. The topological polar surface area (TPSA) is 127 Å². The van der Waals surface area contributed by atoms with Gasteiger partial charge in [0.05, 0.1) is 5.25 Å². The van der Waals surface area contributed by atoms with Crippen LogP contribution < -0.4 is 11.1 Å². The summed E-state index contributed by atoms with van der Waals surface area (Å²) in [5.74, 6) is -0.194. The average Bonchev–Trinajstić information content (AvgIpc) is 2.92. The predicted molar refractivity (Wildman–Crippen MR) is 112 cm³/mol. The molecule has 3 N–H and O–H groups in total. The van der Waals surface area contributed by atoms with E-state index in [1.165, 1.54) is 16.7 Å². The molecule has 2 unspecified atom stereocenters. The molecule has 0 bridgehead atoms. The number of primary amides is 1. The molecule has 0 aliphatic carbocycles. The van der Waals surface area contributed by atoms with E-state index < -0.39 is 5.25 Å². The number of imide groups is 1. The lowest BCUT2D eigenvalue weighted by molar-refractivity contribution is -0.138. The van der Waals surface area contributed by atoms with E-state index in [1.54, 1.807) is 6.92 Å². The number of likely N-dealkylation sites (tertiary alicyclic amines) is 1. The van der Waals surface area contributed by atoms with Crippen molar-refractivity contribution >= 4 is 41.2 Å². The summed E-state index contributed by atoms with van der Waals surface area (Å²) >= 11 is 1.38. The third-order valence-electron chi connectivity index (χ3n) is 5.04. The number of thioether (sulfide) groups is 1. The third-order valence-corrected chi connectivity index (χ3v) is 6.25. The van der Waals surface area contributed by atoms with Crippen molar-refractivity contribution in [1.29, 1.82) is 0 Å². The minimum Gasteiger partial charge on any atom is -0.370 e. The lowest BCUT2D eigenvalue weighted by atomic mass is 9.96. The maximum absolute atomic E-state index is 12.4. The second kappa shape index (κ2) is 13.3. The summed E-state index contributed by atoms with van der Waals surface area (Å²) < 4.78 is 0.